The van der Waals surface area contributed by atoms with Crippen LogP contribution in [0.4, 0.5) is 5.69 Å². The number of benzene rings is 1. The molecule has 0 unspecified atom stereocenters. The van der Waals surface area contributed by atoms with Gasteiger partial charge in [-0.2, -0.15) is 0 Å². The summed E-state index contributed by atoms with van der Waals surface area (Å²) in [7, 11) is 0. The molecule has 2 aromatic rings. The Morgan fingerprint density at radius 1 is 1.43 bits per heavy atom. The summed E-state index contributed by atoms with van der Waals surface area (Å²) < 4.78 is 5.25. The quantitative estimate of drug-likeness (QED) is 0.935. The lowest BCUT2D eigenvalue weighted by molar-refractivity contribution is -0.128. The summed E-state index contributed by atoms with van der Waals surface area (Å²) in [6.45, 7) is 2.69. The van der Waals surface area contributed by atoms with Crippen LogP contribution in [0.2, 0.25) is 5.02 Å². The Balaban J connectivity index is 1.64. The molecule has 1 aliphatic heterocycles. The zero-order chi connectivity index (χ0) is 16.4. The maximum atomic E-state index is 12.4. The predicted octanol–water partition coefficient (Wildman–Crippen LogP) is 3.23. The molecular weight excluding hydrogens is 316 g/mol. The second-order valence-corrected chi connectivity index (χ2v) is 6.14. The van der Waals surface area contributed by atoms with E-state index >= 15 is 0 Å². The number of rotatable bonds is 4. The summed E-state index contributed by atoms with van der Waals surface area (Å²) in [5.74, 6) is 0.149. The van der Waals surface area contributed by atoms with Crippen LogP contribution in [0.15, 0.2) is 41.0 Å². The number of carbonyl (C=O) groups excluding carboxylic acids is 2. The Hall–Kier alpha value is -2.27. The van der Waals surface area contributed by atoms with Gasteiger partial charge < -0.3 is 14.6 Å². The highest BCUT2D eigenvalue weighted by Gasteiger charge is 2.34. The smallest absolute Gasteiger partial charge is 0.229 e. The predicted molar refractivity (Wildman–Crippen MR) is 87.1 cm³/mol. The molecule has 0 saturated carbocycles. The Labute approximate surface area is 139 Å². The van der Waals surface area contributed by atoms with Crippen LogP contribution in [0.5, 0.6) is 0 Å². The Kier molecular flexibility index (Phi) is 4.39. The van der Waals surface area contributed by atoms with Gasteiger partial charge in [0.15, 0.2) is 0 Å². The van der Waals surface area contributed by atoms with E-state index < -0.39 is 0 Å². The van der Waals surface area contributed by atoms with Crippen LogP contribution < -0.4 is 5.32 Å². The van der Waals surface area contributed by atoms with E-state index in [0.29, 0.717) is 29.6 Å². The number of furan rings is 1. The number of amides is 2. The van der Waals surface area contributed by atoms with E-state index in [1.807, 2.05) is 19.1 Å². The Bertz CT molecular complexity index is 727. The SMILES string of the molecule is Cc1ccc(Cl)cc1NC(=O)[C@H]1CC(=O)N(Cc2ccco2)C1. The third-order valence-electron chi connectivity index (χ3n) is 3.97. The van der Waals surface area contributed by atoms with Gasteiger partial charge in [0.25, 0.3) is 0 Å². The second-order valence-electron chi connectivity index (χ2n) is 5.70. The molecule has 5 nitrogen and oxygen atoms in total. The lowest BCUT2D eigenvalue weighted by Gasteiger charge is -2.15. The van der Waals surface area contributed by atoms with Crippen molar-refractivity contribution >= 4 is 29.1 Å². The van der Waals surface area contributed by atoms with Gasteiger partial charge in [-0.3, -0.25) is 9.59 Å². The highest BCUT2D eigenvalue weighted by molar-refractivity contribution is 6.31. The van der Waals surface area contributed by atoms with Gasteiger partial charge in [0, 0.05) is 23.7 Å². The van der Waals surface area contributed by atoms with Gasteiger partial charge in [-0.1, -0.05) is 17.7 Å². The number of nitrogens with one attached hydrogen (secondary N) is 1. The molecule has 1 aliphatic rings. The molecule has 1 aromatic heterocycles. The fraction of sp³-hybridized carbons (Fsp3) is 0.294. The van der Waals surface area contributed by atoms with Crippen molar-refractivity contribution in [2.45, 2.75) is 19.9 Å². The highest BCUT2D eigenvalue weighted by atomic mass is 35.5. The number of carbonyl (C=O) groups is 2. The number of hydrogen-bond donors (Lipinski definition) is 1. The molecule has 0 spiro atoms. The van der Waals surface area contributed by atoms with Crippen molar-refractivity contribution in [3.63, 3.8) is 0 Å². The van der Waals surface area contributed by atoms with Crippen LogP contribution >= 0.6 is 11.6 Å². The van der Waals surface area contributed by atoms with Gasteiger partial charge in [-0.05, 0) is 36.8 Å². The van der Waals surface area contributed by atoms with E-state index in [0.717, 1.165) is 5.56 Å². The van der Waals surface area contributed by atoms with Gasteiger partial charge in [-0.25, -0.2) is 0 Å². The molecule has 1 fully saturated rings. The normalized spacial score (nSPS) is 17.6. The third kappa shape index (κ3) is 3.56. The zero-order valence-electron chi connectivity index (χ0n) is 12.7. The number of likely N-dealkylation sites (tertiary alicyclic amines) is 1. The number of nitrogens with zero attached hydrogens (tertiary/aromatic N) is 1. The van der Waals surface area contributed by atoms with E-state index in [1.165, 1.54) is 0 Å². The van der Waals surface area contributed by atoms with E-state index in [-0.39, 0.29) is 24.2 Å². The minimum Gasteiger partial charge on any atom is -0.467 e. The first-order valence-corrected chi connectivity index (χ1v) is 7.78. The topological polar surface area (TPSA) is 62.6 Å². The number of aryl methyl sites for hydroxylation is 1. The van der Waals surface area contributed by atoms with Gasteiger partial charge in [-0.15, -0.1) is 0 Å². The van der Waals surface area contributed by atoms with Crippen molar-refractivity contribution in [2.24, 2.45) is 5.92 Å². The van der Waals surface area contributed by atoms with Crippen molar-refractivity contribution in [1.29, 1.82) is 0 Å². The van der Waals surface area contributed by atoms with Crippen molar-refractivity contribution < 1.29 is 14.0 Å². The Morgan fingerprint density at radius 2 is 2.26 bits per heavy atom. The van der Waals surface area contributed by atoms with Crippen LogP contribution in [0, 0.1) is 12.8 Å². The average molecular weight is 333 g/mol. The summed E-state index contributed by atoms with van der Waals surface area (Å²) in [6, 6.07) is 8.93. The average Bonchev–Trinajstić information content (AvgIpc) is 3.14. The fourth-order valence-electron chi connectivity index (χ4n) is 2.65. The van der Waals surface area contributed by atoms with E-state index in [4.69, 9.17) is 16.0 Å². The molecule has 23 heavy (non-hydrogen) atoms. The van der Waals surface area contributed by atoms with Crippen molar-refractivity contribution in [3.8, 4) is 0 Å². The standard InChI is InChI=1S/C17H17ClN2O3/c1-11-4-5-13(18)8-15(11)19-17(22)12-7-16(21)20(9-12)10-14-3-2-6-23-14/h2-6,8,12H,7,9-10H2,1H3,(H,19,22)/t12-/m0/s1. The molecule has 3 rings (SSSR count). The maximum absolute atomic E-state index is 12.4. The fourth-order valence-corrected chi connectivity index (χ4v) is 2.83. The highest BCUT2D eigenvalue weighted by Crippen LogP contribution is 2.24. The van der Waals surface area contributed by atoms with E-state index in [9.17, 15) is 9.59 Å². The second kappa shape index (κ2) is 6.46. The molecule has 1 aromatic carbocycles. The van der Waals surface area contributed by atoms with Crippen LogP contribution in [-0.2, 0) is 16.1 Å². The summed E-state index contributed by atoms with van der Waals surface area (Å²) >= 11 is 5.96. The number of halogens is 1. The lowest BCUT2D eigenvalue weighted by atomic mass is 10.1. The maximum Gasteiger partial charge on any atom is 0.229 e. The van der Waals surface area contributed by atoms with Crippen LogP contribution in [-0.4, -0.2) is 23.3 Å². The van der Waals surface area contributed by atoms with Crippen LogP contribution in [0.3, 0.4) is 0 Å². The summed E-state index contributed by atoms with van der Waals surface area (Å²) in [4.78, 5) is 26.1. The molecule has 0 radical (unpaired) electrons. The van der Waals surface area contributed by atoms with Gasteiger partial charge in [0.05, 0.1) is 18.7 Å². The summed E-state index contributed by atoms with van der Waals surface area (Å²) in [5, 5.41) is 3.43. The third-order valence-corrected chi connectivity index (χ3v) is 4.20. The minimum atomic E-state index is -0.365. The summed E-state index contributed by atoms with van der Waals surface area (Å²) in [6.07, 6.45) is 1.79. The van der Waals surface area contributed by atoms with Crippen LogP contribution in [0.25, 0.3) is 0 Å². The van der Waals surface area contributed by atoms with Crippen molar-refractivity contribution in [1.82, 2.24) is 4.90 Å². The molecule has 1 atom stereocenters. The lowest BCUT2D eigenvalue weighted by Crippen LogP contribution is -2.28. The molecule has 1 saturated heterocycles. The molecule has 1 N–H and O–H groups in total. The molecule has 120 valence electrons. The molecule has 2 amide bonds. The van der Waals surface area contributed by atoms with Crippen molar-refractivity contribution in [2.75, 3.05) is 11.9 Å². The zero-order valence-corrected chi connectivity index (χ0v) is 13.5. The van der Waals surface area contributed by atoms with E-state index in [1.54, 1.807) is 29.4 Å². The van der Waals surface area contributed by atoms with Gasteiger partial charge in [0.1, 0.15) is 5.76 Å². The monoisotopic (exact) mass is 332 g/mol. The summed E-state index contributed by atoms with van der Waals surface area (Å²) in [5.41, 5.74) is 1.61. The molecule has 6 heteroatoms. The molecular formula is C17H17ClN2O3. The minimum absolute atomic E-state index is 0.0376. The molecule has 2 heterocycles. The first-order chi connectivity index (χ1) is 11.0. The number of anilines is 1. The van der Waals surface area contributed by atoms with Gasteiger partial charge in [0.2, 0.25) is 11.8 Å². The first-order valence-electron chi connectivity index (χ1n) is 7.40. The van der Waals surface area contributed by atoms with Gasteiger partial charge >= 0.3 is 0 Å². The Morgan fingerprint density at radius 3 is 3.00 bits per heavy atom. The van der Waals surface area contributed by atoms with E-state index in [2.05, 4.69) is 5.32 Å². The first kappa shape index (κ1) is 15.6. The molecule has 0 aliphatic carbocycles. The largest absolute Gasteiger partial charge is 0.467 e. The molecule has 0 bridgehead atoms. The van der Waals surface area contributed by atoms with Crippen molar-refractivity contribution in [3.05, 3.63) is 52.9 Å². The van der Waals surface area contributed by atoms with Crippen LogP contribution in [0.1, 0.15) is 17.7 Å². The number of hydrogen-bond acceptors (Lipinski definition) is 3.